The second-order valence-corrected chi connectivity index (χ2v) is 9.16. The highest BCUT2D eigenvalue weighted by molar-refractivity contribution is 7.90. The van der Waals surface area contributed by atoms with E-state index in [9.17, 15) is 8.42 Å². The summed E-state index contributed by atoms with van der Waals surface area (Å²) in [7, 11) is -3.98. The summed E-state index contributed by atoms with van der Waals surface area (Å²) >= 11 is 5.95. The molecule has 0 saturated heterocycles. The number of hydrogen-bond donors (Lipinski definition) is 0. The number of benzene rings is 4. The minimum absolute atomic E-state index is 0.0862. The van der Waals surface area contributed by atoms with E-state index in [-0.39, 0.29) is 4.90 Å². The fourth-order valence-electron chi connectivity index (χ4n) is 3.28. The third kappa shape index (κ3) is 5.25. The summed E-state index contributed by atoms with van der Waals surface area (Å²) < 4.78 is 30.8. The number of amidine groups is 1. The fourth-order valence-corrected chi connectivity index (χ4v) is 4.42. The first-order chi connectivity index (χ1) is 15.5. The summed E-state index contributed by atoms with van der Waals surface area (Å²) in [5.74, 6) is 0.343. The van der Waals surface area contributed by atoms with Crippen LogP contribution in [0.2, 0.25) is 5.02 Å². The number of hydrogen-bond acceptors (Lipinski definition) is 2. The molecule has 32 heavy (non-hydrogen) atoms. The first-order valence-electron chi connectivity index (χ1n) is 10.1. The topological polar surface area (TPSA) is 49.7 Å². The van der Waals surface area contributed by atoms with Crippen LogP contribution < -0.4 is 4.90 Å². The Morgan fingerprint density at radius 1 is 0.719 bits per heavy atom. The molecule has 0 aliphatic heterocycles. The van der Waals surface area contributed by atoms with Crippen LogP contribution in [0.4, 0.5) is 5.69 Å². The Morgan fingerprint density at radius 3 is 1.84 bits per heavy atom. The van der Waals surface area contributed by atoms with Crippen LogP contribution in [0.5, 0.6) is 0 Å². The van der Waals surface area contributed by atoms with Gasteiger partial charge in [0.05, 0.1) is 4.90 Å². The number of rotatable bonds is 6. The van der Waals surface area contributed by atoms with Crippen LogP contribution in [0.1, 0.15) is 11.1 Å². The van der Waals surface area contributed by atoms with Gasteiger partial charge in [-0.3, -0.25) is 0 Å². The van der Waals surface area contributed by atoms with Crippen LogP contribution in [0.3, 0.4) is 0 Å². The van der Waals surface area contributed by atoms with Crippen LogP contribution in [0.25, 0.3) is 0 Å². The molecule has 0 aliphatic rings. The summed E-state index contributed by atoms with van der Waals surface area (Å²) in [5.41, 5.74) is 2.57. The lowest BCUT2D eigenvalue weighted by Crippen LogP contribution is -2.32. The second kappa shape index (κ2) is 9.81. The van der Waals surface area contributed by atoms with Crippen LogP contribution >= 0.6 is 11.6 Å². The van der Waals surface area contributed by atoms with Crippen molar-refractivity contribution in [2.45, 2.75) is 11.4 Å². The molecular formula is C26H21ClN2O2S. The van der Waals surface area contributed by atoms with Gasteiger partial charge in [-0.2, -0.15) is 8.42 Å². The van der Waals surface area contributed by atoms with Gasteiger partial charge in [0.25, 0.3) is 10.0 Å². The summed E-state index contributed by atoms with van der Waals surface area (Å²) in [6, 6.07) is 34.9. The lowest BCUT2D eigenvalue weighted by atomic mass is 10.1. The Kier molecular flexibility index (Phi) is 6.69. The van der Waals surface area contributed by atoms with Gasteiger partial charge in [0.15, 0.2) is 5.84 Å². The van der Waals surface area contributed by atoms with Crippen LogP contribution in [-0.2, 0) is 16.6 Å². The molecule has 0 spiro atoms. The van der Waals surface area contributed by atoms with Gasteiger partial charge in [-0.15, -0.1) is 4.40 Å². The first-order valence-corrected chi connectivity index (χ1v) is 11.9. The fraction of sp³-hybridized carbons (Fsp3) is 0.0385. The maximum atomic E-state index is 13.3. The molecule has 0 radical (unpaired) electrons. The molecule has 0 bridgehead atoms. The normalized spacial score (nSPS) is 11.8. The van der Waals surface area contributed by atoms with Crippen molar-refractivity contribution in [3.63, 3.8) is 0 Å². The lowest BCUT2D eigenvalue weighted by molar-refractivity contribution is 0.598. The van der Waals surface area contributed by atoms with Crippen molar-refractivity contribution in [2.75, 3.05) is 4.90 Å². The predicted molar refractivity (Wildman–Crippen MR) is 131 cm³/mol. The molecule has 0 fully saturated rings. The van der Waals surface area contributed by atoms with Gasteiger partial charge in [-0.1, -0.05) is 90.5 Å². The van der Waals surface area contributed by atoms with Gasteiger partial charge < -0.3 is 4.90 Å². The summed E-state index contributed by atoms with van der Waals surface area (Å²) in [5, 5.41) is 0.464. The zero-order valence-electron chi connectivity index (χ0n) is 17.2. The van der Waals surface area contributed by atoms with Crippen molar-refractivity contribution in [1.29, 1.82) is 0 Å². The van der Waals surface area contributed by atoms with Crippen molar-refractivity contribution in [3.05, 3.63) is 131 Å². The maximum Gasteiger partial charge on any atom is 0.284 e. The first kappa shape index (κ1) is 21.8. The van der Waals surface area contributed by atoms with Crippen molar-refractivity contribution >= 4 is 33.1 Å². The molecule has 0 aliphatic carbocycles. The summed E-state index contributed by atoms with van der Waals surface area (Å²) in [6.45, 7) is 0.453. The van der Waals surface area contributed by atoms with E-state index in [1.54, 1.807) is 12.1 Å². The highest BCUT2D eigenvalue weighted by atomic mass is 35.5. The summed E-state index contributed by atoms with van der Waals surface area (Å²) in [4.78, 5) is 2.00. The van der Waals surface area contributed by atoms with Gasteiger partial charge >= 0.3 is 0 Å². The SMILES string of the molecule is O=S(=O)(/N=C(\c1ccccc1)N(Cc1ccccc1)c1ccccc1)c1ccc(Cl)cc1. The van der Waals surface area contributed by atoms with Crippen molar-refractivity contribution in [2.24, 2.45) is 4.40 Å². The van der Waals surface area contributed by atoms with Crippen LogP contribution in [0.15, 0.2) is 125 Å². The number of halogens is 1. The zero-order valence-corrected chi connectivity index (χ0v) is 18.7. The Labute approximate surface area is 193 Å². The molecule has 4 aromatic rings. The van der Waals surface area contributed by atoms with E-state index in [2.05, 4.69) is 4.40 Å². The van der Waals surface area contributed by atoms with Gasteiger partial charge in [0.2, 0.25) is 0 Å². The van der Waals surface area contributed by atoms with Crippen molar-refractivity contribution < 1.29 is 8.42 Å². The Balaban J connectivity index is 1.88. The molecule has 160 valence electrons. The second-order valence-electron chi connectivity index (χ2n) is 7.12. The number of anilines is 1. The molecular weight excluding hydrogens is 440 g/mol. The quantitative estimate of drug-likeness (QED) is 0.255. The Bertz CT molecular complexity index is 1290. The smallest absolute Gasteiger partial charge is 0.284 e. The van der Waals surface area contributed by atoms with E-state index in [0.717, 1.165) is 11.3 Å². The predicted octanol–water partition coefficient (Wildman–Crippen LogP) is 6.18. The molecule has 0 N–H and O–H groups in total. The molecule has 4 nitrogen and oxygen atoms in total. The molecule has 4 aromatic carbocycles. The molecule has 0 amide bonds. The van der Waals surface area contributed by atoms with Gasteiger partial charge in [-0.25, -0.2) is 0 Å². The molecule has 0 atom stereocenters. The highest BCUT2D eigenvalue weighted by Crippen LogP contribution is 2.24. The van der Waals surface area contributed by atoms with E-state index in [4.69, 9.17) is 11.6 Å². The average Bonchev–Trinajstić information content (AvgIpc) is 2.83. The van der Waals surface area contributed by atoms with E-state index in [1.165, 1.54) is 12.1 Å². The average molecular weight is 461 g/mol. The van der Waals surface area contributed by atoms with Crippen LogP contribution in [-0.4, -0.2) is 14.3 Å². The summed E-state index contributed by atoms with van der Waals surface area (Å²) in [6.07, 6.45) is 0. The zero-order chi connectivity index (χ0) is 22.4. The monoisotopic (exact) mass is 460 g/mol. The molecule has 0 saturated carbocycles. The molecule has 0 unspecified atom stereocenters. The highest BCUT2D eigenvalue weighted by Gasteiger charge is 2.21. The van der Waals surface area contributed by atoms with E-state index in [0.29, 0.717) is 23.0 Å². The van der Waals surface area contributed by atoms with Gasteiger partial charge in [-0.05, 0) is 42.0 Å². The molecule has 4 rings (SSSR count). The third-order valence-electron chi connectivity index (χ3n) is 4.86. The minimum Gasteiger partial charge on any atom is -0.321 e. The van der Waals surface area contributed by atoms with Crippen molar-refractivity contribution in [3.8, 4) is 0 Å². The lowest BCUT2D eigenvalue weighted by Gasteiger charge is -2.26. The standard InChI is InChI=1S/C26H21ClN2O2S/c27-23-16-18-25(19-17-23)32(30,31)28-26(22-12-6-2-7-13-22)29(24-14-8-3-9-15-24)20-21-10-4-1-5-11-21/h1-19H,20H2/b28-26+. The number of para-hydroxylation sites is 1. The molecule has 6 heteroatoms. The number of sulfonamides is 1. The van der Waals surface area contributed by atoms with Crippen LogP contribution in [0, 0.1) is 0 Å². The molecule has 0 aromatic heterocycles. The minimum atomic E-state index is -3.98. The maximum absolute atomic E-state index is 13.3. The van der Waals surface area contributed by atoms with E-state index >= 15 is 0 Å². The Hall–Kier alpha value is -3.41. The van der Waals surface area contributed by atoms with Crippen molar-refractivity contribution in [1.82, 2.24) is 0 Å². The van der Waals surface area contributed by atoms with Gasteiger partial charge in [0.1, 0.15) is 0 Å². The van der Waals surface area contributed by atoms with Gasteiger partial charge in [0, 0.05) is 22.8 Å². The van der Waals surface area contributed by atoms with E-state index in [1.807, 2.05) is 95.9 Å². The van der Waals surface area contributed by atoms with E-state index < -0.39 is 10.0 Å². The third-order valence-corrected chi connectivity index (χ3v) is 6.39. The molecule has 0 heterocycles. The number of nitrogens with zero attached hydrogens (tertiary/aromatic N) is 2. The largest absolute Gasteiger partial charge is 0.321 e. The Morgan fingerprint density at radius 2 is 1.25 bits per heavy atom.